The average Bonchev–Trinajstić information content (AvgIpc) is 2.84. The number of amides is 1. The normalized spacial score (nSPS) is 14.1. The second-order valence-corrected chi connectivity index (χ2v) is 6.25. The number of hydrogen-bond donors (Lipinski definition) is 1. The molecule has 1 amide bonds. The predicted octanol–water partition coefficient (Wildman–Crippen LogP) is 2.87. The number of rotatable bonds is 5. The van der Waals surface area contributed by atoms with Gasteiger partial charge in [0.05, 0.1) is 7.11 Å². The maximum absolute atomic E-state index is 11.7. The number of esters is 1. The van der Waals surface area contributed by atoms with Gasteiger partial charge in [0.25, 0.3) is 0 Å². The summed E-state index contributed by atoms with van der Waals surface area (Å²) in [5, 5.41) is 2.76. The van der Waals surface area contributed by atoms with Crippen molar-refractivity contribution in [3.05, 3.63) is 17.8 Å². The number of nitrogens with zero attached hydrogens (tertiary/aromatic N) is 1. The van der Waals surface area contributed by atoms with Crippen LogP contribution in [0.15, 0.2) is 10.7 Å². The van der Waals surface area contributed by atoms with Crippen LogP contribution < -0.4 is 5.32 Å². The van der Waals surface area contributed by atoms with Crippen molar-refractivity contribution in [2.75, 3.05) is 7.11 Å². The Morgan fingerprint density at radius 2 is 2.00 bits per heavy atom. The minimum atomic E-state index is -0.540. The van der Waals surface area contributed by atoms with Crippen molar-refractivity contribution >= 4 is 12.1 Å². The molecule has 0 aromatic carbocycles. The fourth-order valence-electron chi connectivity index (χ4n) is 1.91. The van der Waals surface area contributed by atoms with E-state index in [0.29, 0.717) is 12.3 Å². The van der Waals surface area contributed by atoms with Crippen LogP contribution in [0.5, 0.6) is 0 Å². The molecule has 2 atom stereocenters. The van der Waals surface area contributed by atoms with E-state index in [1.54, 1.807) is 20.8 Å². The molecule has 7 heteroatoms. The van der Waals surface area contributed by atoms with Crippen molar-refractivity contribution in [2.45, 2.75) is 58.6 Å². The second kappa shape index (κ2) is 7.29. The fraction of sp³-hybridized carbons (Fsp3) is 0.667. The molecule has 1 aromatic heterocycles. The van der Waals surface area contributed by atoms with Gasteiger partial charge in [-0.1, -0.05) is 6.92 Å². The maximum Gasteiger partial charge on any atom is 0.407 e. The van der Waals surface area contributed by atoms with Gasteiger partial charge in [0.2, 0.25) is 0 Å². The van der Waals surface area contributed by atoms with Gasteiger partial charge in [-0.2, -0.15) is 0 Å². The zero-order valence-electron chi connectivity index (χ0n) is 13.9. The molecule has 1 aromatic rings. The van der Waals surface area contributed by atoms with Gasteiger partial charge in [-0.3, -0.25) is 0 Å². The van der Waals surface area contributed by atoms with Gasteiger partial charge < -0.3 is 19.2 Å². The number of oxazole rings is 1. The first kappa shape index (κ1) is 18.0. The summed E-state index contributed by atoms with van der Waals surface area (Å²) in [5.74, 6) is -0.177. The zero-order valence-corrected chi connectivity index (χ0v) is 13.9. The third-order valence-electron chi connectivity index (χ3n) is 2.81. The quantitative estimate of drug-likeness (QED) is 0.841. The molecule has 7 nitrogen and oxygen atoms in total. The Kier molecular flexibility index (Phi) is 5.96. The highest BCUT2D eigenvalue weighted by Gasteiger charge is 2.22. The van der Waals surface area contributed by atoms with Crippen LogP contribution in [0, 0.1) is 0 Å². The molecule has 0 aliphatic heterocycles. The van der Waals surface area contributed by atoms with E-state index in [2.05, 4.69) is 15.0 Å². The van der Waals surface area contributed by atoms with Crippen molar-refractivity contribution in [3.8, 4) is 0 Å². The molecule has 0 saturated heterocycles. The molecule has 1 heterocycles. The van der Waals surface area contributed by atoms with Crippen LogP contribution in [0.4, 0.5) is 4.79 Å². The second-order valence-electron chi connectivity index (χ2n) is 6.25. The van der Waals surface area contributed by atoms with Crippen molar-refractivity contribution in [2.24, 2.45) is 0 Å². The number of ether oxygens (including phenoxy) is 2. The number of aromatic nitrogens is 1. The van der Waals surface area contributed by atoms with Gasteiger partial charge >= 0.3 is 12.1 Å². The largest absolute Gasteiger partial charge is 0.464 e. The SMILES string of the molecule is COC(=O)c1coc([C@@H](C)C[C@@H](C)NC(=O)OC(C)(C)C)n1. The van der Waals surface area contributed by atoms with Crippen LogP contribution >= 0.6 is 0 Å². The Morgan fingerprint density at radius 1 is 1.36 bits per heavy atom. The minimum absolute atomic E-state index is 0.0663. The Bertz CT molecular complexity index is 518. The molecule has 124 valence electrons. The summed E-state index contributed by atoms with van der Waals surface area (Å²) in [6.45, 7) is 9.19. The summed E-state index contributed by atoms with van der Waals surface area (Å²) in [6.07, 6.45) is 1.40. The lowest BCUT2D eigenvalue weighted by atomic mass is 10.0. The lowest BCUT2D eigenvalue weighted by molar-refractivity contribution is 0.0503. The highest BCUT2D eigenvalue weighted by molar-refractivity contribution is 5.86. The van der Waals surface area contributed by atoms with Gasteiger partial charge in [0.1, 0.15) is 11.9 Å². The number of carbonyl (C=O) groups is 2. The lowest BCUT2D eigenvalue weighted by Gasteiger charge is -2.22. The predicted molar refractivity (Wildman–Crippen MR) is 79.7 cm³/mol. The molecule has 0 fully saturated rings. The maximum atomic E-state index is 11.7. The number of carbonyl (C=O) groups excluding carboxylic acids is 2. The van der Waals surface area contributed by atoms with E-state index in [0.717, 1.165) is 0 Å². The van der Waals surface area contributed by atoms with Gasteiger partial charge in [0, 0.05) is 12.0 Å². The van der Waals surface area contributed by atoms with E-state index in [9.17, 15) is 9.59 Å². The van der Waals surface area contributed by atoms with Crippen LogP contribution in [-0.2, 0) is 9.47 Å². The first-order valence-corrected chi connectivity index (χ1v) is 7.15. The fourth-order valence-corrected chi connectivity index (χ4v) is 1.91. The highest BCUT2D eigenvalue weighted by Crippen LogP contribution is 2.20. The Balaban J connectivity index is 2.53. The van der Waals surface area contributed by atoms with Gasteiger partial charge in [0.15, 0.2) is 11.6 Å². The summed E-state index contributed by atoms with van der Waals surface area (Å²) in [6, 6.07) is -0.127. The van der Waals surface area contributed by atoms with Crippen LogP contribution in [0.2, 0.25) is 0 Å². The Hall–Kier alpha value is -2.05. The van der Waals surface area contributed by atoms with E-state index < -0.39 is 17.7 Å². The van der Waals surface area contributed by atoms with Crippen LogP contribution in [0.25, 0.3) is 0 Å². The summed E-state index contributed by atoms with van der Waals surface area (Å²) >= 11 is 0. The molecular formula is C15H24N2O5. The summed E-state index contributed by atoms with van der Waals surface area (Å²) in [4.78, 5) is 27.1. The molecule has 0 aliphatic rings. The number of alkyl carbamates (subject to hydrolysis) is 1. The van der Waals surface area contributed by atoms with Crippen LogP contribution in [-0.4, -0.2) is 35.8 Å². The van der Waals surface area contributed by atoms with Crippen molar-refractivity contribution in [1.82, 2.24) is 10.3 Å². The number of methoxy groups -OCH3 is 1. The van der Waals surface area contributed by atoms with Crippen molar-refractivity contribution in [1.29, 1.82) is 0 Å². The molecule has 0 radical (unpaired) electrons. The topological polar surface area (TPSA) is 90.7 Å². The Morgan fingerprint density at radius 3 is 2.55 bits per heavy atom. The van der Waals surface area contributed by atoms with E-state index in [1.165, 1.54) is 13.4 Å². The number of nitrogens with one attached hydrogen (secondary N) is 1. The summed E-state index contributed by atoms with van der Waals surface area (Å²) in [7, 11) is 1.28. The van der Waals surface area contributed by atoms with E-state index in [4.69, 9.17) is 9.15 Å². The molecule has 0 spiro atoms. The third kappa shape index (κ3) is 5.75. The van der Waals surface area contributed by atoms with E-state index >= 15 is 0 Å². The smallest absolute Gasteiger partial charge is 0.407 e. The third-order valence-corrected chi connectivity index (χ3v) is 2.81. The highest BCUT2D eigenvalue weighted by atomic mass is 16.6. The summed E-state index contributed by atoms with van der Waals surface area (Å²) < 4.78 is 15.0. The summed E-state index contributed by atoms with van der Waals surface area (Å²) in [5.41, 5.74) is -0.398. The van der Waals surface area contributed by atoms with Gasteiger partial charge in [-0.05, 0) is 34.1 Å². The molecular weight excluding hydrogens is 288 g/mol. The lowest BCUT2D eigenvalue weighted by Crippen LogP contribution is -2.38. The Labute approximate surface area is 130 Å². The van der Waals surface area contributed by atoms with E-state index in [-0.39, 0.29) is 17.7 Å². The van der Waals surface area contributed by atoms with Crippen LogP contribution in [0.1, 0.15) is 63.3 Å². The molecule has 1 N–H and O–H groups in total. The molecule has 1 rings (SSSR count). The van der Waals surface area contributed by atoms with Crippen molar-refractivity contribution in [3.63, 3.8) is 0 Å². The van der Waals surface area contributed by atoms with Crippen LogP contribution in [0.3, 0.4) is 0 Å². The molecule has 0 saturated carbocycles. The monoisotopic (exact) mass is 312 g/mol. The molecule has 0 aliphatic carbocycles. The first-order valence-electron chi connectivity index (χ1n) is 7.15. The van der Waals surface area contributed by atoms with Crippen molar-refractivity contribution < 1.29 is 23.5 Å². The standard InChI is InChI=1S/C15H24N2O5/c1-9(12-17-11(8-21-12)13(18)20-6)7-10(2)16-14(19)22-15(3,4)5/h8-10H,7H2,1-6H3,(H,16,19)/t9-,10+/m0/s1. The number of hydrogen-bond acceptors (Lipinski definition) is 6. The minimum Gasteiger partial charge on any atom is -0.464 e. The molecule has 0 unspecified atom stereocenters. The van der Waals surface area contributed by atoms with Gasteiger partial charge in [-0.25, -0.2) is 14.6 Å². The molecule has 0 bridgehead atoms. The van der Waals surface area contributed by atoms with Gasteiger partial charge in [-0.15, -0.1) is 0 Å². The van der Waals surface area contributed by atoms with E-state index in [1.807, 2.05) is 13.8 Å². The average molecular weight is 312 g/mol. The first-order chi connectivity index (χ1) is 10.1. The zero-order chi connectivity index (χ0) is 16.9. The molecule has 22 heavy (non-hydrogen) atoms.